The molecule has 0 bridgehead atoms. The number of hydrogen-bond acceptors (Lipinski definition) is 6. The molecule has 0 aliphatic heterocycles. The highest BCUT2D eigenvalue weighted by Crippen LogP contribution is 2.19. The third kappa shape index (κ3) is 4.33. The molecule has 2 aromatic heterocycles. The Kier molecular flexibility index (Phi) is 5.43. The van der Waals surface area contributed by atoms with E-state index in [2.05, 4.69) is 39.3 Å². The first-order chi connectivity index (χ1) is 12.4. The highest BCUT2D eigenvalue weighted by molar-refractivity contribution is 7.15. The summed E-state index contributed by atoms with van der Waals surface area (Å²) in [5, 5.41) is 12.3. The lowest BCUT2D eigenvalue weighted by molar-refractivity contribution is 0.102. The van der Waals surface area contributed by atoms with E-state index in [-0.39, 0.29) is 5.56 Å². The molecule has 0 unspecified atom stereocenters. The fourth-order valence-electron chi connectivity index (χ4n) is 2.21. The number of aromatic nitrogens is 4. The second-order valence-electron chi connectivity index (χ2n) is 6.03. The van der Waals surface area contributed by atoms with Crippen LogP contribution in [0.2, 0.25) is 5.02 Å². The summed E-state index contributed by atoms with van der Waals surface area (Å²) in [5.74, 6) is 0.228. The van der Waals surface area contributed by atoms with Gasteiger partial charge in [-0.2, -0.15) is 0 Å². The van der Waals surface area contributed by atoms with Crippen molar-refractivity contribution in [3.8, 4) is 11.4 Å². The topological polar surface area (TPSA) is 101 Å². The molecule has 9 heteroatoms. The molecule has 1 amide bonds. The van der Waals surface area contributed by atoms with Crippen LogP contribution in [0.15, 0.2) is 35.3 Å². The zero-order chi connectivity index (χ0) is 18.7. The molecule has 0 spiro atoms. The standard InChI is InChI=1S/C17H16ClN5O2S/c1-9(2)7-13-22-23-17(26-13)21-16(25)12-8-19-14(20-15(12)24)10-3-5-11(18)6-4-10/h3-6,8-9H,7H2,1-2H3,(H,19,20,24)(H,21,23,25). The number of anilines is 1. The van der Waals surface area contributed by atoms with Crippen LogP contribution in [0.1, 0.15) is 29.2 Å². The van der Waals surface area contributed by atoms with Gasteiger partial charge in [0.25, 0.3) is 11.5 Å². The van der Waals surface area contributed by atoms with Crippen LogP contribution in [0.25, 0.3) is 11.4 Å². The van der Waals surface area contributed by atoms with Crippen LogP contribution >= 0.6 is 22.9 Å². The number of aromatic amines is 1. The highest BCUT2D eigenvalue weighted by Gasteiger charge is 2.15. The van der Waals surface area contributed by atoms with E-state index in [1.807, 2.05) is 0 Å². The second-order valence-corrected chi connectivity index (χ2v) is 7.53. The maximum Gasteiger partial charge on any atom is 0.264 e. The van der Waals surface area contributed by atoms with Crippen molar-refractivity contribution in [2.45, 2.75) is 20.3 Å². The molecule has 1 aromatic carbocycles. The molecular weight excluding hydrogens is 374 g/mol. The molecule has 0 aliphatic rings. The van der Waals surface area contributed by atoms with Crippen molar-refractivity contribution in [3.63, 3.8) is 0 Å². The smallest absolute Gasteiger partial charge is 0.264 e. The van der Waals surface area contributed by atoms with Gasteiger partial charge in [-0.25, -0.2) is 4.98 Å². The van der Waals surface area contributed by atoms with Crippen molar-refractivity contribution in [1.82, 2.24) is 20.2 Å². The first kappa shape index (κ1) is 18.2. The molecule has 3 rings (SSSR count). The summed E-state index contributed by atoms with van der Waals surface area (Å²) >= 11 is 7.14. The SMILES string of the molecule is CC(C)Cc1nnc(NC(=O)c2cnc(-c3ccc(Cl)cc3)[nH]c2=O)s1. The van der Waals surface area contributed by atoms with Gasteiger partial charge in [0.2, 0.25) is 5.13 Å². The van der Waals surface area contributed by atoms with Crippen LogP contribution in [0.3, 0.4) is 0 Å². The van der Waals surface area contributed by atoms with Crippen molar-refractivity contribution in [2.24, 2.45) is 5.92 Å². The molecule has 2 heterocycles. The molecule has 0 fully saturated rings. The van der Waals surface area contributed by atoms with Crippen molar-refractivity contribution in [3.05, 3.63) is 56.4 Å². The lowest BCUT2D eigenvalue weighted by atomic mass is 10.1. The Morgan fingerprint density at radius 1 is 1.27 bits per heavy atom. The maximum absolute atomic E-state index is 12.3. The van der Waals surface area contributed by atoms with Gasteiger partial charge < -0.3 is 4.98 Å². The highest BCUT2D eigenvalue weighted by atomic mass is 35.5. The zero-order valence-electron chi connectivity index (χ0n) is 14.1. The molecule has 2 N–H and O–H groups in total. The summed E-state index contributed by atoms with van der Waals surface area (Å²) < 4.78 is 0. The van der Waals surface area contributed by atoms with E-state index in [9.17, 15) is 9.59 Å². The number of benzene rings is 1. The lowest BCUT2D eigenvalue weighted by Crippen LogP contribution is -2.24. The van der Waals surface area contributed by atoms with Gasteiger partial charge in [0.15, 0.2) is 0 Å². The first-order valence-electron chi connectivity index (χ1n) is 7.91. The van der Waals surface area contributed by atoms with E-state index in [4.69, 9.17) is 11.6 Å². The fraction of sp³-hybridized carbons (Fsp3) is 0.235. The fourth-order valence-corrected chi connectivity index (χ4v) is 3.28. The third-order valence-corrected chi connectivity index (χ3v) is 4.54. The number of halogens is 1. The molecule has 134 valence electrons. The molecule has 0 saturated heterocycles. The minimum atomic E-state index is -0.575. The van der Waals surface area contributed by atoms with E-state index in [0.29, 0.717) is 27.5 Å². The number of H-pyrrole nitrogens is 1. The normalized spacial score (nSPS) is 10.9. The second kappa shape index (κ2) is 7.76. The summed E-state index contributed by atoms with van der Waals surface area (Å²) in [6, 6.07) is 6.86. The number of hydrogen-bond donors (Lipinski definition) is 2. The van der Waals surface area contributed by atoms with Crippen LogP contribution in [-0.2, 0) is 6.42 Å². The Morgan fingerprint density at radius 3 is 2.65 bits per heavy atom. The van der Waals surface area contributed by atoms with Gasteiger partial charge >= 0.3 is 0 Å². The predicted octanol–water partition coefficient (Wildman–Crippen LogP) is 3.39. The lowest BCUT2D eigenvalue weighted by Gasteiger charge is -2.03. The Hall–Kier alpha value is -2.58. The largest absolute Gasteiger partial charge is 0.306 e. The van der Waals surface area contributed by atoms with Crippen molar-refractivity contribution in [2.75, 3.05) is 5.32 Å². The summed E-state index contributed by atoms with van der Waals surface area (Å²) in [6.45, 7) is 4.15. The van der Waals surface area contributed by atoms with E-state index in [1.165, 1.54) is 17.5 Å². The summed E-state index contributed by atoms with van der Waals surface area (Å²) in [5.41, 5.74) is 0.0681. The number of nitrogens with zero attached hydrogens (tertiary/aromatic N) is 3. The number of nitrogens with one attached hydrogen (secondary N) is 2. The predicted molar refractivity (Wildman–Crippen MR) is 102 cm³/mol. The minimum Gasteiger partial charge on any atom is -0.306 e. The molecule has 0 saturated carbocycles. The van der Waals surface area contributed by atoms with E-state index >= 15 is 0 Å². The summed E-state index contributed by atoms with van der Waals surface area (Å²) in [7, 11) is 0. The van der Waals surface area contributed by atoms with Crippen molar-refractivity contribution in [1.29, 1.82) is 0 Å². The zero-order valence-corrected chi connectivity index (χ0v) is 15.7. The van der Waals surface area contributed by atoms with Crippen LogP contribution in [0.5, 0.6) is 0 Å². The van der Waals surface area contributed by atoms with Crippen molar-refractivity contribution < 1.29 is 4.79 Å². The third-order valence-electron chi connectivity index (χ3n) is 3.43. The van der Waals surface area contributed by atoms with Crippen LogP contribution in [0.4, 0.5) is 5.13 Å². The average molecular weight is 390 g/mol. The van der Waals surface area contributed by atoms with Gasteiger partial charge in [0, 0.05) is 23.2 Å². The summed E-state index contributed by atoms with van der Waals surface area (Å²) in [6.07, 6.45) is 2.03. The molecule has 0 atom stereocenters. The number of carbonyl (C=O) groups is 1. The number of carbonyl (C=O) groups excluding carboxylic acids is 1. The number of amides is 1. The molecule has 0 radical (unpaired) electrons. The van der Waals surface area contributed by atoms with Gasteiger partial charge in [-0.3, -0.25) is 14.9 Å². The summed E-state index contributed by atoms with van der Waals surface area (Å²) in [4.78, 5) is 31.3. The van der Waals surface area contributed by atoms with E-state index in [1.54, 1.807) is 24.3 Å². The van der Waals surface area contributed by atoms with Crippen LogP contribution < -0.4 is 10.9 Å². The molecule has 3 aromatic rings. The average Bonchev–Trinajstić information content (AvgIpc) is 3.01. The van der Waals surface area contributed by atoms with Gasteiger partial charge in [-0.1, -0.05) is 36.8 Å². The van der Waals surface area contributed by atoms with Gasteiger partial charge in [-0.05, 0) is 30.2 Å². The van der Waals surface area contributed by atoms with Gasteiger partial charge in [0.05, 0.1) is 0 Å². The van der Waals surface area contributed by atoms with Crippen molar-refractivity contribution >= 4 is 34.0 Å². The Bertz CT molecular complexity index is 981. The first-order valence-corrected chi connectivity index (χ1v) is 9.11. The van der Waals surface area contributed by atoms with E-state index in [0.717, 1.165) is 11.4 Å². The van der Waals surface area contributed by atoms with Gasteiger partial charge in [0.1, 0.15) is 16.4 Å². The molecule has 26 heavy (non-hydrogen) atoms. The monoisotopic (exact) mass is 389 g/mol. The number of rotatable bonds is 5. The quantitative estimate of drug-likeness (QED) is 0.696. The van der Waals surface area contributed by atoms with Crippen LogP contribution in [-0.4, -0.2) is 26.1 Å². The maximum atomic E-state index is 12.3. The molecular formula is C17H16ClN5O2S. The Labute approximate surface area is 158 Å². The molecule has 7 nitrogen and oxygen atoms in total. The van der Waals surface area contributed by atoms with E-state index < -0.39 is 11.5 Å². The Balaban J connectivity index is 1.76. The van der Waals surface area contributed by atoms with Crippen LogP contribution in [0, 0.1) is 5.92 Å². The van der Waals surface area contributed by atoms with Gasteiger partial charge in [-0.15, -0.1) is 10.2 Å². The minimum absolute atomic E-state index is 0.0941. The Morgan fingerprint density at radius 2 is 2.00 bits per heavy atom. The molecule has 0 aliphatic carbocycles.